The molecule has 2 N–H and O–H groups in total. The Morgan fingerprint density at radius 3 is 2.35 bits per heavy atom. The summed E-state index contributed by atoms with van der Waals surface area (Å²) in [6.45, 7) is 1.20. The molecule has 0 aromatic carbocycles. The highest BCUT2D eigenvalue weighted by Crippen LogP contribution is 2.55. The smallest absolute Gasteiger partial charge is 0.0665 e. The lowest BCUT2D eigenvalue weighted by Gasteiger charge is -2.57. The van der Waals surface area contributed by atoms with Gasteiger partial charge >= 0.3 is 0 Å². The average Bonchev–Trinajstić information content (AvgIpc) is 2.95. The summed E-state index contributed by atoms with van der Waals surface area (Å²) in [6, 6.07) is 0.799. The second-order valence-corrected chi connectivity index (χ2v) is 10.6. The molecular weight excluding hydrogens is 284 g/mol. The second kappa shape index (κ2) is 4.81. The molecule has 4 bridgehead atoms. The van der Waals surface area contributed by atoms with Gasteiger partial charge in [-0.05, 0) is 56.3 Å². The molecule has 0 aromatic heterocycles. The summed E-state index contributed by atoms with van der Waals surface area (Å²) >= 11 is 4.35. The molecular formula is C16H26N2S2. The Balaban J connectivity index is 1.22. The van der Waals surface area contributed by atoms with Crippen LogP contribution >= 0.6 is 23.5 Å². The van der Waals surface area contributed by atoms with Crippen LogP contribution < -0.4 is 10.6 Å². The Kier molecular flexibility index (Phi) is 3.15. The molecule has 6 aliphatic rings. The number of nitrogens with one attached hydrogen (secondary N) is 2. The topological polar surface area (TPSA) is 24.1 Å². The Hall–Kier alpha value is 0.620. The molecule has 2 saturated heterocycles. The molecule has 0 amide bonds. The van der Waals surface area contributed by atoms with Crippen molar-refractivity contribution in [1.29, 1.82) is 0 Å². The first-order valence-corrected chi connectivity index (χ1v) is 10.6. The van der Waals surface area contributed by atoms with Crippen LogP contribution in [0.1, 0.15) is 38.5 Å². The number of rotatable bonds is 3. The van der Waals surface area contributed by atoms with Crippen LogP contribution in [0.2, 0.25) is 0 Å². The lowest BCUT2D eigenvalue weighted by Crippen LogP contribution is -2.60. The van der Waals surface area contributed by atoms with E-state index in [0.29, 0.717) is 10.9 Å². The fourth-order valence-electron chi connectivity index (χ4n) is 6.06. The zero-order valence-electron chi connectivity index (χ0n) is 12.1. The fraction of sp³-hybridized carbons (Fsp3) is 1.00. The molecule has 4 heteroatoms. The van der Waals surface area contributed by atoms with Gasteiger partial charge in [0.25, 0.3) is 0 Å². The van der Waals surface area contributed by atoms with Gasteiger partial charge in [-0.3, -0.25) is 5.32 Å². The first kappa shape index (κ1) is 13.1. The zero-order chi connectivity index (χ0) is 13.2. The maximum absolute atomic E-state index is 4.07. The van der Waals surface area contributed by atoms with Crippen LogP contribution in [-0.2, 0) is 0 Å². The van der Waals surface area contributed by atoms with Gasteiger partial charge in [0.15, 0.2) is 0 Å². The average molecular weight is 311 g/mol. The third kappa shape index (κ3) is 2.17. The Morgan fingerprint density at radius 1 is 1.00 bits per heavy atom. The van der Waals surface area contributed by atoms with E-state index in [2.05, 4.69) is 34.2 Å². The van der Waals surface area contributed by atoms with Crippen molar-refractivity contribution in [3.05, 3.63) is 0 Å². The van der Waals surface area contributed by atoms with E-state index >= 15 is 0 Å². The van der Waals surface area contributed by atoms with E-state index in [1.54, 1.807) is 19.3 Å². The van der Waals surface area contributed by atoms with Gasteiger partial charge in [0.05, 0.1) is 5.37 Å². The van der Waals surface area contributed by atoms with Gasteiger partial charge in [-0.15, -0.1) is 11.8 Å². The van der Waals surface area contributed by atoms with Crippen LogP contribution in [-0.4, -0.2) is 40.3 Å². The summed E-state index contributed by atoms with van der Waals surface area (Å²) in [5, 5.41) is 9.50. The van der Waals surface area contributed by atoms with E-state index in [4.69, 9.17) is 0 Å². The van der Waals surface area contributed by atoms with Crippen molar-refractivity contribution in [3.63, 3.8) is 0 Å². The van der Waals surface area contributed by atoms with Crippen LogP contribution in [0.3, 0.4) is 0 Å². The molecule has 2 nitrogen and oxygen atoms in total. The van der Waals surface area contributed by atoms with Gasteiger partial charge < -0.3 is 5.32 Å². The van der Waals surface area contributed by atoms with E-state index in [0.717, 1.165) is 29.0 Å². The highest BCUT2D eigenvalue weighted by atomic mass is 32.2. The molecule has 4 saturated carbocycles. The van der Waals surface area contributed by atoms with Gasteiger partial charge in [-0.2, -0.15) is 11.8 Å². The second-order valence-electron chi connectivity index (χ2n) is 8.05. The van der Waals surface area contributed by atoms with Crippen molar-refractivity contribution in [2.75, 3.05) is 18.1 Å². The fourth-order valence-corrected chi connectivity index (χ4v) is 9.18. The number of thioether (sulfide) groups is 2. The zero-order valence-corrected chi connectivity index (χ0v) is 13.8. The van der Waals surface area contributed by atoms with Crippen molar-refractivity contribution < 1.29 is 0 Å². The first-order chi connectivity index (χ1) is 9.78. The van der Waals surface area contributed by atoms with E-state index in [1.165, 1.54) is 37.3 Å². The molecule has 2 aliphatic heterocycles. The third-order valence-corrected chi connectivity index (χ3v) is 9.34. The van der Waals surface area contributed by atoms with Crippen molar-refractivity contribution in [2.24, 2.45) is 17.8 Å². The Morgan fingerprint density at radius 2 is 1.70 bits per heavy atom. The molecule has 0 radical (unpaired) electrons. The number of hydrogen-bond acceptors (Lipinski definition) is 4. The minimum atomic E-state index is 0.545. The minimum absolute atomic E-state index is 0.545. The van der Waals surface area contributed by atoms with Gasteiger partial charge in [-0.25, -0.2) is 0 Å². The SMILES string of the molecule is C1C2CC3CC1CC(NCC1NC4CSCC4S1)(C2)C3. The van der Waals surface area contributed by atoms with E-state index < -0.39 is 0 Å². The first-order valence-electron chi connectivity index (χ1n) is 8.52. The Bertz CT molecular complexity index is 353. The molecule has 2 heterocycles. The molecule has 3 unspecified atom stereocenters. The molecule has 0 spiro atoms. The predicted molar refractivity (Wildman–Crippen MR) is 88.3 cm³/mol. The van der Waals surface area contributed by atoms with Crippen molar-refractivity contribution >= 4 is 23.5 Å². The van der Waals surface area contributed by atoms with Crippen LogP contribution in [0.5, 0.6) is 0 Å². The molecule has 6 fully saturated rings. The molecule has 20 heavy (non-hydrogen) atoms. The van der Waals surface area contributed by atoms with Crippen LogP contribution in [0.25, 0.3) is 0 Å². The van der Waals surface area contributed by atoms with Crippen LogP contribution in [0.15, 0.2) is 0 Å². The summed E-state index contributed by atoms with van der Waals surface area (Å²) in [6.07, 6.45) is 9.12. The molecule has 6 rings (SSSR count). The van der Waals surface area contributed by atoms with Crippen molar-refractivity contribution in [1.82, 2.24) is 10.6 Å². The number of fused-ring (bicyclic) bond motifs is 1. The van der Waals surface area contributed by atoms with Crippen LogP contribution in [0, 0.1) is 17.8 Å². The van der Waals surface area contributed by atoms with E-state index in [-0.39, 0.29) is 0 Å². The lowest BCUT2D eigenvalue weighted by atomic mass is 9.53. The normalized spacial score (nSPS) is 56.4. The van der Waals surface area contributed by atoms with Gasteiger partial charge in [0.1, 0.15) is 0 Å². The van der Waals surface area contributed by atoms with Gasteiger partial charge in [0.2, 0.25) is 0 Å². The quantitative estimate of drug-likeness (QED) is 0.837. The summed E-state index contributed by atoms with van der Waals surface area (Å²) in [4.78, 5) is 0. The van der Waals surface area contributed by atoms with E-state index in [1.807, 2.05) is 0 Å². The van der Waals surface area contributed by atoms with E-state index in [9.17, 15) is 0 Å². The summed E-state index contributed by atoms with van der Waals surface area (Å²) < 4.78 is 0. The molecule has 4 aliphatic carbocycles. The van der Waals surface area contributed by atoms with Gasteiger partial charge in [0, 0.05) is 34.9 Å². The van der Waals surface area contributed by atoms with Crippen molar-refractivity contribution in [3.8, 4) is 0 Å². The van der Waals surface area contributed by atoms with Crippen molar-refractivity contribution in [2.45, 2.75) is 60.7 Å². The maximum Gasteiger partial charge on any atom is 0.0665 e. The predicted octanol–water partition coefficient (Wildman–Crippen LogP) is 2.69. The molecule has 0 aromatic rings. The monoisotopic (exact) mass is 310 g/mol. The molecule has 112 valence electrons. The number of hydrogen-bond donors (Lipinski definition) is 2. The standard InChI is InChI=1S/C16H26N2S2/c1-10-2-12-3-11(1)5-16(4-10,6-12)17-7-15-18-13-8-19-9-14(13)20-15/h10-15,17-18H,1-9H2. The van der Waals surface area contributed by atoms with Gasteiger partial charge in [-0.1, -0.05) is 0 Å². The summed E-state index contributed by atoms with van der Waals surface area (Å²) in [7, 11) is 0. The lowest BCUT2D eigenvalue weighted by molar-refractivity contribution is -0.0195. The Labute approximate surface area is 131 Å². The maximum atomic E-state index is 4.07. The molecule has 3 atom stereocenters. The third-order valence-electron chi connectivity index (χ3n) is 6.47. The largest absolute Gasteiger partial charge is 0.309 e. The minimum Gasteiger partial charge on any atom is -0.309 e. The van der Waals surface area contributed by atoms with Crippen LogP contribution in [0.4, 0.5) is 0 Å². The highest BCUT2D eigenvalue weighted by Gasteiger charge is 2.51. The summed E-state index contributed by atoms with van der Waals surface area (Å²) in [5.41, 5.74) is 0.545. The highest BCUT2D eigenvalue weighted by molar-refractivity contribution is 8.04. The summed E-state index contributed by atoms with van der Waals surface area (Å²) in [5.74, 6) is 5.90.